The Morgan fingerprint density at radius 1 is 1.09 bits per heavy atom. The number of pyridine rings is 1. The Hall–Kier alpha value is -2.94. The fourth-order valence-electron chi connectivity index (χ4n) is 4.32. The van der Waals surface area contributed by atoms with Crippen LogP contribution in [-0.4, -0.2) is 53.1 Å². The van der Waals surface area contributed by atoms with Crippen molar-refractivity contribution in [2.45, 2.75) is 57.9 Å². The molecule has 2 saturated heterocycles. The number of hydrogen-bond acceptors (Lipinski definition) is 8. The van der Waals surface area contributed by atoms with Crippen LogP contribution in [-0.2, 0) is 0 Å². The topological polar surface area (TPSA) is 126 Å². The fraction of sp³-hybridized carbons (Fsp3) is 0.565. The van der Waals surface area contributed by atoms with E-state index < -0.39 is 5.91 Å². The van der Waals surface area contributed by atoms with Crippen molar-refractivity contribution in [1.29, 1.82) is 0 Å². The van der Waals surface area contributed by atoms with Crippen molar-refractivity contribution in [3.63, 3.8) is 0 Å². The Kier molecular flexibility index (Phi) is 6.74. The van der Waals surface area contributed by atoms with Gasteiger partial charge in [0.05, 0.1) is 0 Å². The standard InChI is InChI=1S/C23H34N8O/c1-15(2)19-11-17(12-20(28-19)30-8-4-3-5-9-30)27-22-18(21(25)32)13-26-23(29-22)31-10-6-7-16(24)14-31/h11-13,15-16H,3-10,14,24H2,1-2H3,(H2,25,32)(H,26,27,28,29). The summed E-state index contributed by atoms with van der Waals surface area (Å²) in [6.07, 6.45) is 7.10. The van der Waals surface area contributed by atoms with Crippen LogP contribution in [0.4, 0.5) is 23.3 Å². The molecule has 0 aromatic carbocycles. The summed E-state index contributed by atoms with van der Waals surface area (Å²) in [5, 5.41) is 3.34. The van der Waals surface area contributed by atoms with E-state index in [0.29, 0.717) is 18.3 Å². The van der Waals surface area contributed by atoms with Crippen molar-refractivity contribution < 1.29 is 4.79 Å². The summed E-state index contributed by atoms with van der Waals surface area (Å²) in [5.41, 5.74) is 13.9. The third kappa shape index (κ3) is 5.09. The number of piperidine rings is 2. The lowest BCUT2D eigenvalue weighted by Gasteiger charge is -2.31. The highest BCUT2D eigenvalue weighted by Crippen LogP contribution is 2.29. The molecular weight excluding hydrogens is 404 g/mol. The highest BCUT2D eigenvalue weighted by molar-refractivity contribution is 5.98. The molecule has 0 saturated carbocycles. The van der Waals surface area contributed by atoms with Crippen LogP contribution in [0.5, 0.6) is 0 Å². The summed E-state index contributed by atoms with van der Waals surface area (Å²) in [6.45, 7) is 7.81. The summed E-state index contributed by atoms with van der Waals surface area (Å²) in [7, 11) is 0. The summed E-state index contributed by atoms with van der Waals surface area (Å²) in [4.78, 5) is 30.5. The molecule has 9 heteroatoms. The van der Waals surface area contributed by atoms with E-state index in [1.54, 1.807) is 0 Å². The van der Waals surface area contributed by atoms with Gasteiger partial charge in [0.2, 0.25) is 5.95 Å². The van der Waals surface area contributed by atoms with Crippen LogP contribution < -0.4 is 26.6 Å². The van der Waals surface area contributed by atoms with Gasteiger partial charge in [-0.15, -0.1) is 0 Å². The molecule has 0 bridgehead atoms. The van der Waals surface area contributed by atoms with Gasteiger partial charge in [-0.25, -0.2) is 9.97 Å². The zero-order valence-corrected chi connectivity index (χ0v) is 19.0. The molecule has 1 atom stereocenters. The number of rotatable bonds is 6. The largest absolute Gasteiger partial charge is 0.365 e. The van der Waals surface area contributed by atoms with Crippen LogP contribution in [0.15, 0.2) is 18.3 Å². The average molecular weight is 439 g/mol. The van der Waals surface area contributed by atoms with Crippen molar-refractivity contribution in [3.05, 3.63) is 29.6 Å². The number of nitrogens with two attached hydrogens (primary N) is 2. The SMILES string of the molecule is CC(C)c1cc(Nc2nc(N3CCCC(N)C3)ncc2C(N)=O)cc(N2CCCCC2)n1. The van der Waals surface area contributed by atoms with E-state index in [0.717, 1.165) is 49.7 Å². The Morgan fingerprint density at radius 3 is 2.53 bits per heavy atom. The zero-order chi connectivity index (χ0) is 22.7. The first kappa shape index (κ1) is 22.3. The first-order valence-corrected chi connectivity index (χ1v) is 11.6. The number of nitrogens with one attached hydrogen (secondary N) is 1. The van der Waals surface area contributed by atoms with Gasteiger partial charge in [-0.3, -0.25) is 4.79 Å². The predicted molar refractivity (Wildman–Crippen MR) is 128 cm³/mol. The minimum Gasteiger partial charge on any atom is -0.365 e. The number of carbonyl (C=O) groups excluding carboxylic acids is 1. The summed E-state index contributed by atoms with van der Waals surface area (Å²) in [6, 6.07) is 4.14. The summed E-state index contributed by atoms with van der Waals surface area (Å²) >= 11 is 0. The maximum absolute atomic E-state index is 12.1. The van der Waals surface area contributed by atoms with Crippen molar-refractivity contribution in [1.82, 2.24) is 15.0 Å². The Bertz CT molecular complexity index is 957. The molecule has 1 unspecified atom stereocenters. The van der Waals surface area contributed by atoms with Crippen molar-refractivity contribution in [2.24, 2.45) is 11.5 Å². The molecule has 2 aliphatic heterocycles. The third-order valence-electron chi connectivity index (χ3n) is 6.15. The number of primary amides is 1. The van der Waals surface area contributed by atoms with Gasteiger partial charge < -0.3 is 26.6 Å². The molecular formula is C23H34N8O. The molecule has 9 nitrogen and oxygen atoms in total. The van der Waals surface area contributed by atoms with E-state index in [2.05, 4.69) is 38.9 Å². The normalized spacial score (nSPS) is 19.3. The van der Waals surface area contributed by atoms with Crippen LogP contribution in [0.1, 0.15) is 67.9 Å². The zero-order valence-electron chi connectivity index (χ0n) is 19.0. The number of aromatic nitrogens is 3. The van der Waals surface area contributed by atoms with Gasteiger partial charge in [0.15, 0.2) is 0 Å². The second kappa shape index (κ2) is 9.68. The monoisotopic (exact) mass is 438 g/mol. The van der Waals surface area contributed by atoms with E-state index in [1.165, 1.54) is 25.5 Å². The van der Waals surface area contributed by atoms with Gasteiger partial charge in [-0.05, 0) is 44.1 Å². The van der Waals surface area contributed by atoms with Gasteiger partial charge in [-0.2, -0.15) is 4.98 Å². The maximum atomic E-state index is 12.1. The van der Waals surface area contributed by atoms with Gasteiger partial charge in [0.25, 0.3) is 5.91 Å². The molecule has 0 aliphatic carbocycles. The summed E-state index contributed by atoms with van der Waals surface area (Å²) in [5.74, 6) is 1.62. The smallest absolute Gasteiger partial charge is 0.254 e. The summed E-state index contributed by atoms with van der Waals surface area (Å²) < 4.78 is 0. The molecule has 4 rings (SSSR count). The van der Waals surface area contributed by atoms with Crippen LogP contribution in [0.25, 0.3) is 0 Å². The lowest BCUT2D eigenvalue weighted by Crippen LogP contribution is -2.43. The number of amides is 1. The van der Waals surface area contributed by atoms with E-state index in [9.17, 15) is 4.79 Å². The first-order valence-electron chi connectivity index (χ1n) is 11.6. The Balaban J connectivity index is 1.67. The van der Waals surface area contributed by atoms with Crippen molar-refractivity contribution in [2.75, 3.05) is 41.3 Å². The average Bonchev–Trinajstić information content (AvgIpc) is 2.79. The van der Waals surface area contributed by atoms with E-state index >= 15 is 0 Å². The minimum atomic E-state index is -0.566. The second-order valence-electron chi connectivity index (χ2n) is 9.11. The molecule has 2 fully saturated rings. The molecule has 0 spiro atoms. The van der Waals surface area contributed by atoms with Crippen LogP contribution in [0.2, 0.25) is 0 Å². The second-order valence-corrected chi connectivity index (χ2v) is 9.11. The Morgan fingerprint density at radius 2 is 1.84 bits per heavy atom. The first-order chi connectivity index (χ1) is 15.4. The van der Waals surface area contributed by atoms with Gasteiger partial charge in [0, 0.05) is 55.9 Å². The molecule has 2 aromatic rings. The lowest BCUT2D eigenvalue weighted by atomic mass is 10.1. The number of nitrogens with zero attached hydrogens (tertiary/aromatic N) is 5. The van der Waals surface area contributed by atoms with Crippen molar-refractivity contribution >= 4 is 29.2 Å². The molecule has 2 aromatic heterocycles. The molecule has 2 aliphatic rings. The molecule has 1 amide bonds. The Labute approximate surface area is 189 Å². The van der Waals surface area contributed by atoms with E-state index in [4.69, 9.17) is 16.5 Å². The van der Waals surface area contributed by atoms with E-state index in [1.807, 2.05) is 12.1 Å². The number of carbonyl (C=O) groups is 1. The van der Waals surface area contributed by atoms with Crippen LogP contribution in [0, 0.1) is 0 Å². The molecule has 172 valence electrons. The van der Waals surface area contributed by atoms with Gasteiger partial charge in [0.1, 0.15) is 17.2 Å². The predicted octanol–water partition coefficient (Wildman–Crippen LogP) is 2.76. The molecule has 32 heavy (non-hydrogen) atoms. The molecule has 0 radical (unpaired) electrons. The number of hydrogen-bond donors (Lipinski definition) is 3. The number of anilines is 4. The maximum Gasteiger partial charge on any atom is 0.254 e. The van der Waals surface area contributed by atoms with Crippen LogP contribution in [0.3, 0.4) is 0 Å². The molecule has 5 N–H and O–H groups in total. The van der Waals surface area contributed by atoms with E-state index in [-0.39, 0.29) is 17.5 Å². The molecule has 4 heterocycles. The quantitative estimate of drug-likeness (QED) is 0.628. The highest BCUT2D eigenvalue weighted by atomic mass is 16.1. The van der Waals surface area contributed by atoms with Gasteiger partial charge in [-0.1, -0.05) is 13.8 Å². The van der Waals surface area contributed by atoms with Crippen molar-refractivity contribution in [3.8, 4) is 0 Å². The fourth-order valence-corrected chi connectivity index (χ4v) is 4.32. The van der Waals surface area contributed by atoms with Crippen LogP contribution >= 0.6 is 0 Å². The van der Waals surface area contributed by atoms with Gasteiger partial charge >= 0.3 is 0 Å². The minimum absolute atomic E-state index is 0.0977. The third-order valence-corrected chi connectivity index (χ3v) is 6.15. The highest BCUT2D eigenvalue weighted by Gasteiger charge is 2.22. The lowest BCUT2D eigenvalue weighted by molar-refractivity contribution is 0.100.